The van der Waals surface area contributed by atoms with E-state index in [-0.39, 0.29) is 17.4 Å². The van der Waals surface area contributed by atoms with Crippen molar-refractivity contribution < 1.29 is 19.0 Å². The largest absolute Gasteiger partial charge is 0.508 e. The second-order valence-corrected chi connectivity index (χ2v) is 5.20. The van der Waals surface area contributed by atoms with Gasteiger partial charge in [-0.25, -0.2) is 9.97 Å². The van der Waals surface area contributed by atoms with Crippen molar-refractivity contribution in [3.8, 4) is 23.0 Å². The molecule has 0 spiro atoms. The molecule has 2 N–H and O–H groups in total. The molecule has 0 saturated carbocycles. The topological polar surface area (TPSA) is 92.5 Å². The zero-order valence-corrected chi connectivity index (χ0v) is 11.9. The van der Waals surface area contributed by atoms with Crippen LogP contribution in [0.3, 0.4) is 0 Å². The first-order chi connectivity index (χ1) is 10.5. The Kier molecular flexibility index (Phi) is 2.45. The minimum atomic E-state index is -0.000451. The monoisotopic (exact) mass is 296 g/mol. The van der Waals surface area contributed by atoms with Crippen molar-refractivity contribution in [3.63, 3.8) is 0 Å². The highest BCUT2D eigenvalue weighted by Crippen LogP contribution is 2.36. The fraction of sp³-hybridized carbons (Fsp3) is 0.125. The number of nitrogens with zero attached hydrogens (tertiary/aromatic N) is 2. The fourth-order valence-corrected chi connectivity index (χ4v) is 2.43. The number of aromatic nitrogens is 2. The predicted molar refractivity (Wildman–Crippen MR) is 79.8 cm³/mol. The Balaban J connectivity index is 1.94. The number of fused-ring (bicyclic) bond motifs is 2. The molecule has 0 radical (unpaired) electrons. The number of aromatic hydroxyl groups is 2. The Morgan fingerprint density at radius 2 is 1.55 bits per heavy atom. The van der Waals surface area contributed by atoms with Crippen LogP contribution in [-0.2, 0) is 0 Å². The lowest BCUT2D eigenvalue weighted by molar-refractivity contribution is 0.456. The van der Waals surface area contributed by atoms with Gasteiger partial charge in [-0.15, -0.1) is 0 Å². The summed E-state index contributed by atoms with van der Waals surface area (Å²) in [6, 6.07) is 6.38. The molecule has 6 nitrogen and oxygen atoms in total. The molecule has 0 aliphatic rings. The van der Waals surface area contributed by atoms with Gasteiger partial charge in [0.05, 0.1) is 5.56 Å². The van der Waals surface area contributed by atoms with Crippen LogP contribution < -0.4 is 0 Å². The molecule has 0 unspecified atom stereocenters. The van der Waals surface area contributed by atoms with Crippen molar-refractivity contribution in [2.75, 3.05) is 0 Å². The van der Waals surface area contributed by atoms with E-state index in [0.717, 1.165) is 0 Å². The van der Waals surface area contributed by atoms with Crippen LogP contribution in [-0.4, -0.2) is 20.2 Å². The summed E-state index contributed by atoms with van der Waals surface area (Å²) in [5, 5.41) is 19.8. The second kappa shape index (κ2) is 4.24. The molecule has 110 valence electrons. The molecule has 2 aromatic heterocycles. The number of phenols is 2. The lowest BCUT2D eigenvalue weighted by atomic mass is 10.1. The first kappa shape index (κ1) is 12.7. The number of aryl methyl sites for hydroxylation is 2. The van der Waals surface area contributed by atoms with Gasteiger partial charge >= 0.3 is 0 Å². The van der Waals surface area contributed by atoms with Crippen LogP contribution in [0, 0.1) is 13.8 Å². The Bertz CT molecular complexity index is 979. The molecule has 0 saturated heterocycles. The molecule has 2 heterocycles. The van der Waals surface area contributed by atoms with Crippen molar-refractivity contribution in [1.29, 1.82) is 0 Å². The van der Waals surface area contributed by atoms with E-state index in [1.165, 1.54) is 12.1 Å². The quantitative estimate of drug-likeness (QED) is 0.521. The highest BCUT2D eigenvalue weighted by atomic mass is 16.4. The summed E-state index contributed by atoms with van der Waals surface area (Å²) in [6.45, 7) is 3.47. The smallest absolute Gasteiger partial charge is 0.231 e. The van der Waals surface area contributed by atoms with Crippen LogP contribution >= 0.6 is 0 Å². The summed E-state index contributed by atoms with van der Waals surface area (Å²) in [4.78, 5) is 8.61. The van der Waals surface area contributed by atoms with E-state index >= 15 is 0 Å². The van der Waals surface area contributed by atoms with Gasteiger partial charge in [0.15, 0.2) is 17.1 Å². The van der Waals surface area contributed by atoms with Crippen LogP contribution in [0.1, 0.15) is 11.5 Å². The molecule has 0 bridgehead atoms. The number of hydrogen-bond acceptors (Lipinski definition) is 6. The van der Waals surface area contributed by atoms with Gasteiger partial charge < -0.3 is 19.0 Å². The fourth-order valence-electron chi connectivity index (χ4n) is 2.43. The molecule has 0 atom stereocenters. The minimum absolute atomic E-state index is 0.000451. The first-order valence-electron chi connectivity index (χ1n) is 6.72. The third kappa shape index (κ3) is 1.81. The third-order valence-electron chi connectivity index (χ3n) is 3.55. The van der Waals surface area contributed by atoms with Crippen LogP contribution in [0.2, 0.25) is 0 Å². The minimum Gasteiger partial charge on any atom is -0.508 e. The highest BCUT2D eigenvalue weighted by molar-refractivity contribution is 5.90. The number of rotatable bonds is 1. The molecule has 0 fully saturated rings. The van der Waals surface area contributed by atoms with Gasteiger partial charge in [0.1, 0.15) is 22.5 Å². The number of benzene rings is 2. The van der Waals surface area contributed by atoms with Crippen LogP contribution in [0.25, 0.3) is 33.7 Å². The van der Waals surface area contributed by atoms with Crippen molar-refractivity contribution >= 4 is 22.2 Å². The predicted octanol–water partition coefficient (Wildman–Crippen LogP) is 3.66. The average molecular weight is 296 g/mol. The van der Waals surface area contributed by atoms with Crippen LogP contribution in [0.4, 0.5) is 0 Å². The Labute approximate surface area is 124 Å². The zero-order valence-electron chi connectivity index (χ0n) is 11.9. The van der Waals surface area contributed by atoms with Gasteiger partial charge in [-0.3, -0.25) is 0 Å². The molecule has 4 rings (SSSR count). The van der Waals surface area contributed by atoms with Crippen molar-refractivity contribution in [2.45, 2.75) is 13.8 Å². The summed E-state index contributed by atoms with van der Waals surface area (Å²) in [6.07, 6.45) is 0. The number of hydrogen-bond donors (Lipinski definition) is 2. The lowest BCUT2D eigenvalue weighted by Crippen LogP contribution is -1.82. The summed E-state index contributed by atoms with van der Waals surface area (Å²) in [7, 11) is 0. The van der Waals surface area contributed by atoms with Gasteiger partial charge in [0.2, 0.25) is 5.89 Å². The zero-order chi connectivity index (χ0) is 15.4. The molecule has 0 aliphatic heterocycles. The molecule has 22 heavy (non-hydrogen) atoms. The molecule has 2 aromatic carbocycles. The van der Waals surface area contributed by atoms with E-state index < -0.39 is 0 Å². The van der Waals surface area contributed by atoms with Crippen LogP contribution in [0.15, 0.2) is 33.1 Å². The molecular formula is C16H12N2O4. The van der Waals surface area contributed by atoms with Crippen molar-refractivity contribution in [1.82, 2.24) is 9.97 Å². The van der Waals surface area contributed by atoms with E-state index in [0.29, 0.717) is 39.2 Å². The Hall–Kier alpha value is -3.02. The van der Waals surface area contributed by atoms with Gasteiger partial charge in [-0.1, -0.05) is 0 Å². The molecule has 0 amide bonds. The summed E-state index contributed by atoms with van der Waals surface area (Å²) >= 11 is 0. The summed E-state index contributed by atoms with van der Waals surface area (Å²) in [5.74, 6) is 0.872. The van der Waals surface area contributed by atoms with Crippen molar-refractivity contribution in [3.05, 3.63) is 35.7 Å². The number of oxazole rings is 2. The van der Waals surface area contributed by atoms with Crippen molar-refractivity contribution in [2.24, 2.45) is 0 Å². The van der Waals surface area contributed by atoms with E-state index in [9.17, 15) is 10.2 Å². The lowest BCUT2D eigenvalue weighted by Gasteiger charge is -2.03. The van der Waals surface area contributed by atoms with Gasteiger partial charge in [0.25, 0.3) is 0 Å². The maximum Gasteiger partial charge on any atom is 0.231 e. The Morgan fingerprint density at radius 3 is 2.36 bits per heavy atom. The molecule has 4 aromatic rings. The van der Waals surface area contributed by atoms with E-state index in [1.807, 2.05) is 0 Å². The van der Waals surface area contributed by atoms with E-state index in [4.69, 9.17) is 8.83 Å². The number of phenolic OH excluding ortho intramolecular Hbond substituents is 2. The standard InChI is InChI=1S/C16H12N2O4/c1-7-3-13(20)9(4-12(7)19)16-18-11-5-10-14(6-15(11)22-16)21-8(2)17-10/h3-6,19-20H,1-2H3. The third-order valence-corrected chi connectivity index (χ3v) is 3.55. The first-order valence-corrected chi connectivity index (χ1v) is 6.72. The van der Waals surface area contributed by atoms with Crippen LogP contribution in [0.5, 0.6) is 11.5 Å². The van der Waals surface area contributed by atoms with Gasteiger partial charge in [-0.05, 0) is 30.7 Å². The maximum atomic E-state index is 10.0. The summed E-state index contributed by atoms with van der Waals surface area (Å²) < 4.78 is 11.1. The summed E-state index contributed by atoms with van der Waals surface area (Å²) in [5.41, 5.74) is 3.35. The average Bonchev–Trinajstić information content (AvgIpc) is 3.01. The molecule has 0 aliphatic carbocycles. The second-order valence-electron chi connectivity index (χ2n) is 5.20. The Morgan fingerprint density at radius 1 is 0.818 bits per heavy atom. The maximum absolute atomic E-state index is 10.0. The SMILES string of the molecule is Cc1nc2cc3nc(-c4cc(O)c(C)cc4O)oc3cc2o1. The highest BCUT2D eigenvalue weighted by Gasteiger charge is 2.16. The van der Waals surface area contributed by atoms with E-state index in [1.54, 1.807) is 26.0 Å². The van der Waals surface area contributed by atoms with E-state index in [2.05, 4.69) is 9.97 Å². The molecule has 6 heteroatoms. The van der Waals surface area contributed by atoms with Gasteiger partial charge in [-0.2, -0.15) is 0 Å². The van der Waals surface area contributed by atoms with Gasteiger partial charge in [0, 0.05) is 13.0 Å². The normalized spacial score (nSPS) is 11.5. The molecular weight excluding hydrogens is 284 g/mol.